The normalized spacial score (nSPS) is 22.4. The molecule has 7 nitrogen and oxygen atoms in total. The van der Waals surface area contributed by atoms with Gasteiger partial charge in [0.15, 0.2) is 0 Å². The molecule has 0 radical (unpaired) electrons. The number of nitrogens with zero attached hydrogens (tertiary/aromatic N) is 3. The molecule has 6 rings (SSSR count). The van der Waals surface area contributed by atoms with Gasteiger partial charge in [-0.1, -0.05) is 43.7 Å². The number of carbonyl (C=O) groups is 1. The molecule has 4 aliphatic rings. The largest absolute Gasteiger partial charge is 0.383 e. The minimum Gasteiger partial charge on any atom is -0.383 e. The number of carbonyl (C=O) groups excluding carboxylic acids is 1. The van der Waals surface area contributed by atoms with Crippen LogP contribution in [-0.2, 0) is 4.74 Å². The number of nitrogens with two attached hydrogens (primary N) is 1. The number of hydrogen-bond donors (Lipinski definition) is 2. The van der Waals surface area contributed by atoms with E-state index in [1.54, 1.807) is 9.91 Å². The average Bonchev–Trinajstić information content (AvgIpc) is 3.36. The second kappa shape index (κ2) is 11.5. The summed E-state index contributed by atoms with van der Waals surface area (Å²) in [5.41, 5.74) is 11.1. The van der Waals surface area contributed by atoms with Crippen LogP contribution in [0.5, 0.6) is 0 Å². The van der Waals surface area contributed by atoms with Crippen LogP contribution in [0, 0.1) is 5.92 Å². The first-order valence-corrected chi connectivity index (χ1v) is 15.1. The van der Waals surface area contributed by atoms with E-state index in [-0.39, 0.29) is 17.6 Å². The van der Waals surface area contributed by atoms with Crippen molar-refractivity contribution in [2.45, 2.75) is 82.2 Å². The van der Waals surface area contributed by atoms with Crippen LogP contribution in [-0.4, -0.2) is 48.1 Å². The van der Waals surface area contributed by atoms with E-state index in [0.717, 1.165) is 73.4 Å². The van der Waals surface area contributed by atoms with Crippen LogP contribution in [0.1, 0.15) is 76.2 Å². The van der Waals surface area contributed by atoms with Crippen molar-refractivity contribution in [2.75, 3.05) is 30.0 Å². The molecule has 0 spiro atoms. The fourth-order valence-electron chi connectivity index (χ4n) is 6.68. The molecule has 0 atom stereocenters. The molecular weight excluding hydrogens is 510 g/mol. The second-order valence-corrected chi connectivity index (χ2v) is 12.2. The van der Waals surface area contributed by atoms with Crippen molar-refractivity contribution in [3.8, 4) is 0 Å². The summed E-state index contributed by atoms with van der Waals surface area (Å²) >= 11 is 6.56. The molecule has 2 saturated carbocycles. The van der Waals surface area contributed by atoms with Crippen molar-refractivity contribution in [3.05, 3.63) is 53.1 Å². The lowest BCUT2D eigenvalue weighted by Crippen LogP contribution is -2.45. The first-order chi connectivity index (χ1) is 19.0. The molecule has 2 aliphatic heterocycles. The van der Waals surface area contributed by atoms with Crippen molar-refractivity contribution < 1.29 is 9.53 Å². The number of urea groups is 1. The highest BCUT2D eigenvalue weighted by Crippen LogP contribution is 2.40. The van der Waals surface area contributed by atoms with Crippen LogP contribution < -0.4 is 16.0 Å². The van der Waals surface area contributed by atoms with Gasteiger partial charge in [-0.25, -0.2) is 9.80 Å². The summed E-state index contributed by atoms with van der Waals surface area (Å²) in [5, 5.41) is 11.1. The number of hydrazone groups is 1. The number of benzene rings is 2. The van der Waals surface area contributed by atoms with E-state index < -0.39 is 0 Å². The lowest BCUT2D eigenvalue weighted by atomic mass is 9.83. The molecule has 3 N–H and O–H groups in total. The van der Waals surface area contributed by atoms with E-state index >= 15 is 0 Å². The standard InChI is InChI=1S/C31H40ClN5O2/c32-23-8-13-27-28(20-23)36(25-11-9-24(10-12-25)34-21-31(33)16-4-5-17-31)30(38)37(26-14-18-39-19-15-26)35-29(27)22-6-2-1-3-7-22/h8-13,20,22,26,34H,1-7,14-19,21,33H2. The molecule has 3 fully saturated rings. The number of halogens is 1. The van der Waals surface area contributed by atoms with E-state index in [2.05, 4.69) is 11.4 Å². The van der Waals surface area contributed by atoms with Gasteiger partial charge in [-0.15, -0.1) is 0 Å². The van der Waals surface area contributed by atoms with Gasteiger partial charge < -0.3 is 15.8 Å². The predicted octanol–water partition coefficient (Wildman–Crippen LogP) is 7.06. The third-order valence-electron chi connectivity index (χ3n) is 8.98. The summed E-state index contributed by atoms with van der Waals surface area (Å²) in [6.45, 7) is 2.04. The Bertz CT molecular complexity index is 1200. The number of fused-ring (bicyclic) bond motifs is 1. The number of rotatable bonds is 6. The molecule has 2 amide bonds. The third kappa shape index (κ3) is 5.67. The Morgan fingerprint density at radius 1 is 0.974 bits per heavy atom. The molecule has 2 aromatic carbocycles. The number of ether oxygens (including phenoxy) is 1. The second-order valence-electron chi connectivity index (χ2n) is 11.8. The van der Waals surface area contributed by atoms with Crippen LogP contribution in [0.15, 0.2) is 47.6 Å². The highest BCUT2D eigenvalue weighted by Gasteiger charge is 2.38. The smallest absolute Gasteiger partial charge is 0.349 e. The fourth-order valence-corrected chi connectivity index (χ4v) is 6.85. The average molecular weight is 550 g/mol. The number of amides is 2. The Kier molecular flexibility index (Phi) is 7.83. The van der Waals surface area contributed by atoms with Gasteiger partial charge in [-0.3, -0.25) is 4.90 Å². The quantitative estimate of drug-likeness (QED) is 0.404. The van der Waals surface area contributed by atoms with Crippen molar-refractivity contribution in [1.82, 2.24) is 5.01 Å². The number of anilines is 3. The van der Waals surface area contributed by atoms with Gasteiger partial charge in [0.05, 0.1) is 23.1 Å². The van der Waals surface area contributed by atoms with Gasteiger partial charge >= 0.3 is 6.03 Å². The maximum absolute atomic E-state index is 14.4. The van der Waals surface area contributed by atoms with Gasteiger partial charge in [0.2, 0.25) is 0 Å². The Hall–Kier alpha value is -2.61. The van der Waals surface area contributed by atoms with Crippen LogP contribution in [0.2, 0.25) is 5.02 Å². The van der Waals surface area contributed by atoms with E-state index in [9.17, 15) is 4.79 Å². The molecule has 2 aromatic rings. The molecule has 1 saturated heterocycles. The van der Waals surface area contributed by atoms with E-state index in [0.29, 0.717) is 24.2 Å². The Labute approximate surface area is 236 Å². The summed E-state index contributed by atoms with van der Waals surface area (Å²) in [6, 6.07) is 13.9. The molecule has 39 heavy (non-hydrogen) atoms. The summed E-state index contributed by atoms with van der Waals surface area (Å²) in [4.78, 5) is 16.2. The van der Waals surface area contributed by atoms with Crippen molar-refractivity contribution >= 4 is 40.4 Å². The minimum atomic E-state index is -0.135. The molecule has 8 heteroatoms. The van der Waals surface area contributed by atoms with Gasteiger partial charge in [-0.05, 0) is 81.0 Å². The zero-order valence-corrected chi connectivity index (χ0v) is 23.5. The summed E-state index contributed by atoms with van der Waals surface area (Å²) in [6.07, 6.45) is 11.9. The van der Waals surface area contributed by atoms with Gasteiger partial charge in [0, 0.05) is 47.5 Å². The lowest BCUT2D eigenvalue weighted by molar-refractivity contribution is 0.0480. The molecule has 0 unspecified atom stereocenters. The molecule has 2 heterocycles. The minimum absolute atomic E-state index is 0.00483. The lowest BCUT2D eigenvalue weighted by Gasteiger charge is -2.33. The predicted molar refractivity (Wildman–Crippen MR) is 158 cm³/mol. The zero-order valence-electron chi connectivity index (χ0n) is 22.7. The van der Waals surface area contributed by atoms with Crippen LogP contribution in [0.25, 0.3) is 0 Å². The van der Waals surface area contributed by atoms with Crippen molar-refractivity contribution in [3.63, 3.8) is 0 Å². The summed E-state index contributed by atoms with van der Waals surface area (Å²) in [5.74, 6) is 0.333. The molecule has 208 valence electrons. The fraction of sp³-hybridized carbons (Fsp3) is 0.548. The molecule has 0 aromatic heterocycles. The first kappa shape index (κ1) is 26.6. The summed E-state index contributed by atoms with van der Waals surface area (Å²) < 4.78 is 5.64. The topological polar surface area (TPSA) is 83.2 Å². The zero-order chi connectivity index (χ0) is 26.8. The maximum Gasteiger partial charge on any atom is 0.349 e. The highest BCUT2D eigenvalue weighted by atomic mass is 35.5. The molecular formula is C31H40ClN5O2. The Morgan fingerprint density at radius 2 is 1.69 bits per heavy atom. The van der Waals surface area contributed by atoms with Gasteiger partial charge in [0.25, 0.3) is 0 Å². The highest BCUT2D eigenvalue weighted by molar-refractivity contribution is 6.31. The Morgan fingerprint density at radius 3 is 2.41 bits per heavy atom. The first-order valence-electron chi connectivity index (χ1n) is 14.7. The molecule has 2 aliphatic carbocycles. The van der Waals surface area contributed by atoms with Gasteiger partial charge in [-0.2, -0.15) is 5.10 Å². The van der Waals surface area contributed by atoms with Crippen LogP contribution >= 0.6 is 11.6 Å². The van der Waals surface area contributed by atoms with E-state index in [1.165, 1.54) is 32.1 Å². The molecule has 0 bridgehead atoms. The SMILES string of the molecule is NC1(CNc2ccc(N3C(=O)N(C4CCOCC4)N=C(C4CCCCC4)c4ccc(Cl)cc43)cc2)CCCC1. The van der Waals surface area contributed by atoms with E-state index in [1.807, 2.05) is 36.4 Å². The summed E-state index contributed by atoms with van der Waals surface area (Å²) in [7, 11) is 0. The monoisotopic (exact) mass is 549 g/mol. The van der Waals surface area contributed by atoms with E-state index in [4.69, 9.17) is 27.2 Å². The van der Waals surface area contributed by atoms with Crippen molar-refractivity contribution in [1.29, 1.82) is 0 Å². The van der Waals surface area contributed by atoms with Crippen LogP contribution in [0.3, 0.4) is 0 Å². The van der Waals surface area contributed by atoms with Gasteiger partial charge in [0.1, 0.15) is 0 Å². The third-order valence-corrected chi connectivity index (χ3v) is 9.21. The van der Waals surface area contributed by atoms with Crippen molar-refractivity contribution in [2.24, 2.45) is 16.8 Å². The Balaban J connectivity index is 1.37. The van der Waals surface area contributed by atoms with Crippen LogP contribution in [0.4, 0.5) is 21.9 Å². The maximum atomic E-state index is 14.4. The number of nitrogens with one attached hydrogen (secondary N) is 1. The number of hydrogen-bond acceptors (Lipinski definition) is 5.